The van der Waals surface area contributed by atoms with Crippen molar-refractivity contribution in [2.45, 2.75) is 39.3 Å². The van der Waals surface area contributed by atoms with E-state index in [1.165, 1.54) is 0 Å². The van der Waals surface area contributed by atoms with E-state index < -0.39 is 0 Å². The zero-order valence-electron chi connectivity index (χ0n) is 9.37. The summed E-state index contributed by atoms with van der Waals surface area (Å²) < 4.78 is 2.19. The Labute approximate surface area is 91.9 Å². The van der Waals surface area contributed by atoms with Gasteiger partial charge in [0.25, 0.3) is 0 Å². The molecule has 0 fully saturated rings. The number of imidazole rings is 1. The second-order valence-electron chi connectivity index (χ2n) is 3.52. The molecule has 1 aromatic rings. The lowest BCUT2D eigenvalue weighted by atomic mass is 10.3. The van der Waals surface area contributed by atoms with E-state index in [-0.39, 0.29) is 0 Å². The monoisotopic (exact) mass is 205 g/mol. The van der Waals surface area contributed by atoms with Crippen LogP contribution in [0.4, 0.5) is 0 Å². The van der Waals surface area contributed by atoms with E-state index >= 15 is 0 Å². The molecular weight excluding hydrogens is 186 g/mol. The molecular formula is C12H19N3. The van der Waals surface area contributed by atoms with Gasteiger partial charge in [-0.3, -0.25) is 0 Å². The van der Waals surface area contributed by atoms with Gasteiger partial charge >= 0.3 is 0 Å². The highest BCUT2D eigenvalue weighted by Gasteiger charge is 2.00. The topological polar surface area (TPSA) is 29.9 Å². The fourth-order valence-electron chi connectivity index (χ4n) is 1.47. The van der Waals surface area contributed by atoms with Crippen molar-refractivity contribution in [2.75, 3.05) is 6.54 Å². The summed E-state index contributed by atoms with van der Waals surface area (Å²) in [5.74, 6) is 3.74. The second kappa shape index (κ2) is 7.08. The number of terminal acetylenes is 1. The number of unbranched alkanes of at least 4 members (excludes halogenated alkanes) is 1. The van der Waals surface area contributed by atoms with E-state index in [1.54, 1.807) is 0 Å². The highest BCUT2D eigenvalue weighted by atomic mass is 15.1. The van der Waals surface area contributed by atoms with Crippen LogP contribution in [0.15, 0.2) is 12.4 Å². The third kappa shape index (κ3) is 4.18. The lowest BCUT2D eigenvalue weighted by Gasteiger charge is -2.06. The molecule has 1 heterocycles. The van der Waals surface area contributed by atoms with Crippen molar-refractivity contribution in [1.82, 2.24) is 14.9 Å². The standard InChI is InChI=1S/C12H19N3/c1-3-5-6-7-13-11-12-14-8-10-15(12)9-4-2/h1,8,10,13H,4-7,9,11H2,2H3. The van der Waals surface area contributed by atoms with E-state index in [9.17, 15) is 0 Å². The Kier molecular flexibility index (Phi) is 5.57. The van der Waals surface area contributed by atoms with E-state index in [1.807, 2.05) is 12.4 Å². The predicted molar refractivity (Wildman–Crippen MR) is 62.3 cm³/mol. The Morgan fingerprint density at radius 1 is 1.60 bits per heavy atom. The second-order valence-corrected chi connectivity index (χ2v) is 3.52. The molecule has 1 rings (SSSR count). The van der Waals surface area contributed by atoms with Gasteiger partial charge in [0, 0.05) is 25.4 Å². The first-order valence-electron chi connectivity index (χ1n) is 5.52. The first-order valence-corrected chi connectivity index (χ1v) is 5.52. The van der Waals surface area contributed by atoms with Crippen LogP contribution in [0.1, 0.15) is 32.0 Å². The molecule has 0 saturated heterocycles. The van der Waals surface area contributed by atoms with Gasteiger partial charge < -0.3 is 9.88 Å². The van der Waals surface area contributed by atoms with Gasteiger partial charge in [0.15, 0.2) is 0 Å². The fourth-order valence-corrected chi connectivity index (χ4v) is 1.47. The van der Waals surface area contributed by atoms with Gasteiger partial charge in [0.2, 0.25) is 0 Å². The molecule has 15 heavy (non-hydrogen) atoms. The number of aryl methyl sites for hydroxylation is 1. The lowest BCUT2D eigenvalue weighted by molar-refractivity contribution is 0.581. The molecule has 0 aliphatic heterocycles. The number of nitrogens with one attached hydrogen (secondary N) is 1. The normalized spacial score (nSPS) is 10.1. The molecule has 1 N–H and O–H groups in total. The van der Waals surface area contributed by atoms with E-state index in [0.29, 0.717) is 0 Å². The van der Waals surface area contributed by atoms with Crippen LogP contribution in [-0.4, -0.2) is 16.1 Å². The minimum Gasteiger partial charge on any atom is -0.334 e. The van der Waals surface area contributed by atoms with Gasteiger partial charge in [0.1, 0.15) is 5.82 Å². The molecule has 3 nitrogen and oxygen atoms in total. The van der Waals surface area contributed by atoms with Crippen molar-refractivity contribution in [3.05, 3.63) is 18.2 Å². The molecule has 3 heteroatoms. The summed E-state index contributed by atoms with van der Waals surface area (Å²) in [6.45, 7) is 5.01. The molecule has 0 radical (unpaired) electrons. The summed E-state index contributed by atoms with van der Waals surface area (Å²) in [5, 5.41) is 3.34. The Hall–Kier alpha value is -1.27. The van der Waals surface area contributed by atoms with E-state index in [2.05, 4.69) is 27.7 Å². The number of nitrogens with zero attached hydrogens (tertiary/aromatic N) is 2. The van der Waals surface area contributed by atoms with Gasteiger partial charge in [-0.2, -0.15) is 0 Å². The Bertz CT molecular complexity index is 309. The maximum atomic E-state index is 5.17. The van der Waals surface area contributed by atoms with Crippen LogP contribution in [0.25, 0.3) is 0 Å². The molecule has 0 atom stereocenters. The van der Waals surface area contributed by atoms with Crippen molar-refractivity contribution >= 4 is 0 Å². The minimum atomic E-state index is 0.831. The first-order chi connectivity index (χ1) is 7.38. The summed E-state index contributed by atoms with van der Waals surface area (Å²) in [6, 6.07) is 0. The van der Waals surface area contributed by atoms with Crippen LogP contribution in [-0.2, 0) is 13.1 Å². The lowest BCUT2D eigenvalue weighted by Crippen LogP contribution is -2.18. The average molecular weight is 205 g/mol. The molecule has 0 unspecified atom stereocenters. The van der Waals surface area contributed by atoms with Gasteiger partial charge in [-0.1, -0.05) is 6.92 Å². The van der Waals surface area contributed by atoms with Crippen LogP contribution in [0, 0.1) is 12.3 Å². The third-order valence-corrected chi connectivity index (χ3v) is 2.22. The molecule has 0 amide bonds. The molecule has 0 aliphatic rings. The summed E-state index contributed by atoms with van der Waals surface area (Å²) >= 11 is 0. The summed E-state index contributed by atoms with van der Waals surface area (Å²) in [6.07, 6.45) is 12.1. The molecule has 82 valence electrons. The Morgan fingerprint density at radius 3 is 3.20 bits per heavy atom. The van der Waals surface area contributed by atoms with Crippen LogP contribution >= 0.6 is 0 Å². The quantitative estimate of drug-likeness (QED) is 0.543. The van der Waals surface area contributed by atoms with Gasteiger partial charge in [0.05, 0.1) is 6.54 Å². The fraction of sp³-hybridized carbons (Fsp3) is 0.583. The van der Waals surface area contributed by atoms with Crippen LogP contribution in [0.2, 0.25) is 0 Å². The summed E-state index contributed by atoms with van der Waals surface area (Å²) in [7, 11) is 0. The Balaban J connectivity index is 2.25. The van der Waals surface area contributed by atoms with E-state index in [4.69, 9.17) is 6.42 Å². The van der Waals surface area contributed by atoms with Crippen LogP contribution in [0.3, 0.4) is 0 Å². The zero-order valence-corrected chi connectivity index (χ0v) is 9.37. The minimum absolute atomic E-state index is 0.831. The molecule has 1 aromatic heterocycles. The van der Waals surface area contributed by atoms with Crippen molar-refractivity contribution < 1.29 is 0 Å². The van der Waals surface area contributed by atoms with Crippen molar-refractivity contribution in [2.24, 2.45) is 0 Å². The highest BCUT2D eigenvalue weighted by molar-refractivity contribution is 4.91. The van der Waals surface area contributed by atoms with Crippen LogP contribution < -0.4 is 5.32 Å². The third-order valence-electron chi connectivity index (χ3n) is 2.22. The van der Waals surface area contributed by atoms with Crippen molar-refractivity contribution in [1.29, 1.82) is 0 Å². The molecule has 0 saturated carbocycles. The number of rotatable bonds is 7. The van der Waals surface area contributed by atoms with Crippen molar-refractivity contribution in [3.8, 4) is 12.3 Å². The number of hydrogen-bond donors (Lipinski definition) is 1. The number of hydrogen-bond acceptors (Lipinski definition) is 2. The SMILES string of the molecule is C#CCCCNCc1nccn1CCC. The highest BCUT2D eigenvalue weighted by Crippen LogP contribution is 1.98. The zero-order chi connectivity index (χ0) is 10.9. The van der Waals surface area contributed by atoms with Gasteiger partial charge in [-0.05, 0) is 19.4 Å². The van der Waals surface area contributed by atoms with E-state index in [0.717, 1.165) is 44.7 Å². The largest absolute Gasteiger partial charge is 0.334 e. The van der Waals surface area contributed by atoms with Gasteiger partial charge in [-0.25, -0.2) is 4.98 Å². The summed E-state index contributed by atoms with van der Waals surface area (Å²) in [4.78, 5) is 4.31. The molecule has 0 aliphatic carbocycles. The predicted octanol–water partition coefficient (Wildman–Crippen LogP) is 1.80. The van der Waals surface area contributed by atoms with Gasteiger partial charge in [-0.15, -0.1) is 12.3 Å². The summed E-state index contributed by atoms with van der Waals surface area (Å²) in [5.41, 5.74) is 0. The first kappa shape index (κ1) is 11.8. The average Bonchev–Trinajstić information content (AvgIpc) is 2.66. The maximum Gasteiger partial charge on any atom is 0.122 e. The molecule has 0 spiro atoms. The molecule has 0 aromatic carbocycles. The van der Waals surface area contributed by atoms with Crippen LogP contribution in [0.5, 0.6) is 0 Å². The molecule has 0 bridgehead atoms. The maximum absolute atomic E-state index is 5.17. The van der Waals surface area contributed by atoms with Crippen molar-refractivity contribution in [3.63, 3.8) is 0 Å². The smallest absolute Gasteiger partial charge is 0.122 e. The number of aromatic nitrogens is 2. The Morgan fingerprint density at radius 2 is 2.47 bits per heavy atom.